The number of aliphatic carboxylic acids is 1. The highest BCUT2D eigenvalue weighted by Gasteiger charge is 2.33. The van der Waals surface area contributed by atoms with E-state index in [0.29, 0.717) is 6.54 Å². The number of urea groups is 1. The van der Waals surface area contributed by atoms with E-state index in [1.54, 1.807) is 11.0 Å². The van der Waals surface area contributed by atoms with E-state index < -0.39 is 12.0 Å². The SMILES string of the molecule is C=CCN(C(=O)NC(Cc1ccccc1)C(=O)O)C1CC1. The molecule has 1 atom stereocenters. The summed E-state index contributed by atoms with van der Waals surface area (Å²) in [6, 6.07) is 8.24. The van der Waals surface area contributed by atoms with Gasteiger partial charge in [-0.3, -0.25) is 0 Å². The zero-order chi connectivity index (χ0) is 15.2. The van der Waals surface area contributed by atoms with Crippen molar-refractivity contribution in [2.24, 2.45) is 0 Å². The van der Waals surface area contributed by atoms with Crippen molar-refractivity contribution < 1.29 is 14.7 Å². The number of benzene rings is 1. The molecule has 1 aliphatic carbocycles. The topological polar surface area (TPSA) is 69.6 Å². The third-order valence-corrected chi connectivity index (χ3v) is 3.45. The maximum Gasteiger partial charge on any atom is 0.326 e. The predicted molar refractivity (Wildman–Crippen MR) is 80.0 cm³/mol. The van der Waals surface area contributed by atoms with Crippen LogP contribution in [0.3, 0.4) is 0 Å². The Balaban J connectivity index is 2.00. The van der Waals surface area contributed by atoms with Gasteiger partial charge >= 0.3 is 12.0 Å². The highest BCUT2D eigenvalue weighted by Crippen LogP contribution is 2.26. The van der Waals surface area contributed by atoms with Crippen molar-refractivity contribution in [1.82, 2.24) is 10.2 Å². The molecule has 0 heterocycles. The molecule has 1 aromatic rings. The number of carbonyl (C=O) groups excluding carboxylic acids is 1. The summed E-state index contributed by atoms with van der Waals surface area (Å²) in [7, 11) is 0. The average molecular weight is 288 g/mol. The number of carboxylic acid groups (broad SMARTS) is 1. The van der Waals surface area contributed by atoms with Gasteiger partial charge in [0.25, 0.3) is 0 Å². The van der Waals surface area contributed by atoms with E-state index in [4.69, 9.17) is 0 Å². The number of carboxylic acids is 1. The lowest BCUT2D eigenvalue weighted by Gasteiger charge is -2.24. The van der Waals surface area contributed by atoms with Gasteiger partial charge in [0.2, 0.25) is 0 Å². The van der Waals surface area contributed by atoms with Crippen molar-refractivity contribution >= 4 is 12.0 Å². The van der Waals surface area contributed by atoms with Crippen LogP contribution in [0.5, 0.6) is 0 Å². The van der Waals surface area contributed by atoms with E-state index in [9.17, 15) is 14.7 Å². The summed E-state index contributed by atoms with van der Waals surface area (Å²) in [5.74, 6) is -1.03. The number of nitrogens with zero attached hydrogens (tertiary/aromatic N) is 1. The fourth-order valence-corrected chi connectivity index (χ4v) is 2.20. The predicted octanol–water partition coefficient (Wildman–Crippen LogP) is 2.04. The Bertz CT molecular complexity index is 512. The van der Waals surface area contributed by atoms with E-state index >= 15 is 0 Å². The molecule has 0 radical (unpaired) electrons. The largest absolute Gasteiger partial charge is 0.480 e. The minimum absolute atomic E-state index is 0.217. The zero-order valence-corrected chi connectivity index (χ0v) is 11.9. The van der Waals surface area contributed by atoms with E-state index in [-0.39, 0.29) is 18.5 Å². The molecule has 112 valence electrons. The average Bonchev–Trinajstić information content (AvgIpc) is 3.29. The van der Waals surface area contributed by atoms with Crippen molar-refractivity contribution in [3.05, 3.63) is 48.6 Å². The van der Waals surface area contributed by atoms with Gasteiger partial charge in [-0.2, -0.15) is 0 Å². The maximum absolute atomic E-state index is 12.2. The van der Waals surface area contributed by atoms with Gasteiger partial charge in [0.05, 0.1) is 0 Å². The Hall–Kier alpha value is -2.30. The van der Waals surface area contributed by atoms with Gasteiger partial charge in [-0.05, 0) is 18.4 Å². The summed E-state index contributed by atoms with van der Waals surface area (Å²) in [4.78, 5) is 25.2. The second kappa shape index (κ2) is 6.92. The quantitative estimate of drug-likeness (QED) is 0.754. The lowest BCUT2D eigenvalue weighted by molar-refractivity contribution is -0.139. The van der Waals surface area contributed by atoms with Gasteiger partial charge < -0.3 is 15.3 Å². The molecule has 1 saturated carbocycles. The van der Waals surface area contributed by atoms with Gasteiger partial charge in [-0.1, -0.05) is 36.4 Å². The molecule has 0 aliphatic heterocycles. The fraction of sp³-hybridized carbons (Fsp3) is 0.375. The standard InChI is InChI=1S/C16H20N2O3/c1-2-10-18(13-8-9-13)16(21)17-14(15(19)20)11-12-6-4-3-5-7-12/h2-7,13-14H,1,8-11H2,(H,17,21)(H,19,20). The monoisotopic (exact) mass is 288 g/mol. The van der Waals surface area contributed by atoms with Gasteiger partial charge in [0.15, 0.2) is 0 Å². The number of amides is 2. The Morgan fingerprint density at radius 1 is 1.38 bits per heavy atom. The number of hydrogen-bond donors (Lipinski definition) is 2. The van der Waals surface area contributed by atoms with E-state index in [2.05, 4.69) is 11.9 Å². The molecular weight excluding hydrogens is 268 g/mol. The van der Waals surface area contributed by atoms with Crippen LogP contribution in [0.15, 0.2) is 43.0 Å². The Morgan fingerprint density at radius 2 is 2.05 bits per heavy atom. The summed E-state index contributed by atoms with van der Waals surface area (Å²) in [5, 5.41) is 11.9. The Morgan fingerprint density at radius 3 is 2.57 bits per heavy atom. The first-order valence-corrected chi connectivity index (χ1v) is 7.06. The van der Waals surface area contributed by atoms with E-state index in [0.717, 1.165) is 18.4 Å². The molecule has 0 aromatic heterocycles. The first-order chi connectivity index (χ1) is 10.1. The van der Waals surface area contributed by atoms with Gasteiger partial charge in [0, 0.05) is 19.0 Å². The first kappa shape index (κ1) is 15.1. The molecule has 5 nitrogen and oxygen atoms in total. The van der Waals surface area contributed by atoms with Gasteiger partial charge in [-0.15, -0.1) is 6.58 Å². The van der Waals surface area contributed by atoms with Crippen LogP contribution in [0.2, 0.25) is 0 Å². The van der Waals surface area contributed by atoms with Gasteiger partial charge in [-0.25, -0.2) is 9.59 Å². The highest BCUT2D eigenvalue weighted by molar-refractivity contribution is 5.83. The number of rotatable bonds is 7. The molecule has 2 amide bonds. The number of hydrogen-bond acceptors (Lipinski definition) is 2. The maximum atomic E-state index is 12.2. The van der Waals surface area contributed by atoms with Crippen LogP contribution in [-0.4, -0.2) is 40.6 Å². The van der Waals surface area contributed by atoms with E-state index in [1.807, 2.05) is 30.3 Å². The van der Waals surface area contributed by atoms with Gasteiger partial charge in [0.1, 0.15) is 6.04 Å². The Labute approximate surface area is 124 Å². The van der Waals surface area contributed by atoms with Crippen LogP contribution >= 0.6 is 0 Å². The zero-order valence-electron chi connectivity index (χ0n) is 11.9. The molecule has 5 heteroatoms. The van der Waals surface area contributed by atoms with Crippen LogP contribution in [0.25, 0.3) is 0 Å². The third kappa shape index (κ3) is 4.34. The van der Waals surface area contributed by atoms with Crippen molar-refractivity contribution in [3.8, 4) is 0 Å². The van der Waals surface area contributed by atoms with Crippen molar-refractivity contribution in [2.75, 3.05) is 6.54 Å². The van der Waals surface area contributed by atoms with Crippen LogP contribution in [0.1, 0.15) is 18.4 Å². The number of carbonyl (C=O) groups is 2. The molecule has 1 unspecified atom stereocenters. The van der Waals surface area contributed by atoms with Crippen LogP contribution in [0.4, 0.5) is 4.79 Å². The van der Waals surface area contributed by atoms with Crippen LogP contribution in [-0.2, 0) is 11.2 Å². The second-order valence-corrected chi connectivity index (χ2v) is 5.20. The molecule has 1 aromatic carbocycles. The minimum atomic E-state index is -1.03. The third-order valence-electron chi connectivity index (χ3n) is 3.45. The summed E-state index contributed by atoms with van der Waals surface area (Å²) < 4.78 is 0. The molecule has 0 saturated heterocycles. The molecule has 2 rings (SSSR count). The molecule has 1 fully saturated rings. The van der Waals surface area contributed by atoms with Crippen molar-refractivity contribution in [1.29, 1.82) is 0 Å². The second-order valence-electron chi connectivity index (χ2n) is 5.20. The summed E-state index contributed by atoms with van der Waals surface area (Å²) in [6.45, 7) is 4.08. The van der Waals surface area contributed by atoms with Crippen LogP contribution in [0, 0.1) is 0 Å². The lowest BCUT2D eigenvalue weighted by Crippen LogP contribution is -2.49. The molecule has 21 heavy (non-hydrogen) atoms. The van der Waals surface area contributed by atoms with E-state index in [1.165, 1.54) is 0 Å². The molecule has 0 spiro atoms. The Kier molecular flexibility index (Phi) is 4.98. The first-order valence-electron chi connectivity index (χ1n) is 7.06. The minimum Gasteiger partial charge on any atom is -0.480 e. The molecule has 1 aliphatic rings. The lowest BCUT2D eigenvalue weighted by atomic mass is 10.1. The molecule has 2 N–H and O–H groups in total. The normalized spacial score (nSPS) is 15.0. The summed E-state index contributed by atoms with van der Waals surface area (Å²) >= 11 is 0. The highest BCUT2D eigenvalue weighted by atomic mass is 16.4. The summed E-state index contributed by atoms with van der Waals surface area (Å²) in [5.41, 5.74) is 0.881. The van der Waals surface area contributed by atoms with Crippen molar-refractivity contribution in [2.45, 2.75) is 31.3 Å². The fourth-order valence-electron chi connectivity index (χ4n) is 2.20. The molecular formula is C16H20N2O3. The number of nitrogens with one attached hydrogen (secondary N) is 1. The molecule has 0 bridgehead atoms. The summed E-state index contributed by atoms with van der Waals surface area (Å²) in [6.07, 6.45) is 3.87. The van der Waals surface area contributed by atoms with Crippen LogP contribution < -0.4 is 5.32 Å². The van der Waals surface area contributed by atoms with Crippen molar-refractivity contribution in [3.63, 3.8) is 0 Å². The smallest absolute Gasteiger partial charge is 0.326 e.